The van der Waals surface area contributed by atoms with E-state index in [1.165, 1.54) is 0 Å². The first-order valence-corrected chi connectivity index (χ1v) is 6.32. The summed E-state index contributed by atoms with van der Waals surface area (Å²) in [5.41, 5.74) is 11.5. The van der Waals surface area contributed by atoms with Crippen LogP contribution in [-0.2, 0) is 0 Å². The molecule has 0 radical (unpaired) electrons. The van der Waals surface area contributed by atoms with Crippen LogP contribution < -0.4 is 22.1 Å². The highest BCUT2D eigenvalue weighted by Crippen LogP contribution is 1.90. The molecular formula is C11H28N4O2. The van der Waals surface area contributed by atoms with E-state index in [4.69, 9.17) is 21.7 Å². The van der Waals surface area contributed by atoms with Crippen LogP contribution in [0.1, 0.15) is 19.8 Å². The fourth-order valence-corrected chi connectivity index (χ4v) is 1.47. The van der Waals surface area contributed by atoms with Gasteiger partial charge in [-0.15, -0.1) is 0 Å². The minimum atomic E-state index is -0.706. The maximum atomic E-state index is 9.10. The van der Waals surface area contributed by atoms with Crippen molar-refractivity contribution >= 4 is 0 Å². The first-order chi connectivity index (χ1) is 8.13. The smallest absolute Gasteiger partial charge is 0.0894 e. The van der Waals surface area contributed by atoms with E-state index in [2.05, 4.69) is 17.6 Å². The molecule has 3 atom stereocenters. The molecule has 0 aromatic carbocycles. The Kier molecular flexibility index (Phi) is 10.7. The Morgan fingerprint density at radius 2 is 2.00 bits per heavy atom. The maximum Gasteiger partial charge on any atom is 0.0894 e. The third-order valence-corrected chi connectivity index (χ3v) is 2.72. The molecule has 6 heteroatoms. The molecule has 0 saturated carbocycles. The topological polar surface area (TPSA) is 117 Å². The van der Waals surface area contributed by atoms with Gasteiger partial charge in [-0.05, 0) is 19.4 Å². The number of aliphatic hydroxyl groups is 2. The summed E-state index contributed by atoms with van der Waals surface area (Å²) in [6, 6.07) is 0.412. The SMILES string of the molecule is CCC(CN)NCCC(N)CNCC(O)CO. The van der Waals surface area contributed by atoms with Crippen molar-refractivity contribution in [2.45, 2.75) is 38.0 Å². The second-order valence-electron chi connectivity index (χ2n) is 4.34. The molecular weight excluding hydrogens is 220 g/mol. The summed E-state index contributed by atoms with van der Waals surface area (Å²) in [4.78, 5) is 0. The zero-order chi connectivity index (χ0) is 13.1. The molecule has 0 aromatic heterocycles. The van der Waals surface area contributed by atoms with Crippen molar-refractivity contribution in [3.8, 4) is 0 Å². The van der Waals surface area contributed by atoms with Gasteiger partial charge in [-0.2, -0.15) is 0 Å². The number of hydrogen-bond acceptors (Lipinski definition) is 6. The third-order valence-electron chi connectivity index (χ3n) is 2.72. The van der Waals surface area contributed by atoms with Crippen molar-refractivity contribution < 1.29 is 10.2 Å². The second-order valence-corrected chi connectivity index (χ2v) is 4.34. The molecule has 17 heavy (non-hydrogen) atoms. The third kappa shape index (κ3) is 9.46. The second kappa shape index (κ2) is 10.9. The van der Waals surface area contributed by atoms with Crippen LogP contribution in [0.4, 0.5) is 0 Å². The summed E-state index contributed by atoms with van der Waals surface area (Å²) in [7, 11) is 0. The monoisotopic (exact) mass is 248 g/mol. The average Bonchev–Trinajstić information content (AvgIpc) is 2.34. The van der Waals surface area contributed by atoms with Gasteiger partial charge < -0.3 is 32.3 Å². The number of rotatable bonds is 11. The molecule has 104 valence electrons. The molecule has 0 aliphatic rings. The van der Waals surface area contributed by atoms with Crippen molar-refractivity contribution in [3.63, 3.8) is 0 Å². The molecule has 0 heterocycles. The van der Waals surface area contributed by atoms with E-state index in [1.807, 2.05) is 0 Å². The lowest BCUT2D eigenvalue weighted by Crippen LogP contribution is -2.42. The highest BCUT2D eigenvalue weighted by molar-refractivity contribution is 4.71. The van der Waals surface area contributed by atoms with Gasteiger partial charge in [-0.25, -0.2) is 0 Å². The molecule has 0 amide bonds. The zero-order valence-electron chi connectivity index (χ0n) is 10.7. The van der Waals surface area contributed by atoms with E-state index in [1.54, 1.807) is 0 Å². The van der Waals surface area contributed by atoms with Gasteiger partial charge in [0.15, 0.2) is 0 Å². The van der Waals surface area contributed by atoms with Crippen LogP contribution in [0, 0.1) is 0 Å². The summed E-state index contributed by atoms with van der Waals surface area (Å²) < 4.78 is 0. The summed E-state index contributed by atoms with van der Waals surface area (Å²) in [6.45, 7) is 4.38. The molecule has 8 N–H and O–H groups in total. The zero-order valence-corrected chi connectivity index (χ0v) is 10.7. The molecule has 0 aliphatic carbocycles. The summed E-state index contributed by atoms with van der Waals surface area (Å²) in [5, 5.41) is 24.1. The minimum absolute atomic E-state index is 0.0451. The Morgan fingerprint density at radius 1 is 1.29 bits per heavy atom. The number of aliphatic hydroxyl groups excluding tert-OH is 2. The van der Waals surface area contributed by atoms with E-state index < -0.39 is 6.10 Å². The van der Waals surface area contributed by atoms with E-state index >= 15 is 0 Å². The van der Waals surface area contributed by atoms with Crippen LogP contribution in [-0.4, -0.2) is 61.2 Å². The van der Waals surface area contributed by atoms with E-state index in [-0.39, 0.29) is 12.6 Å². The Bertz CT molecular complexity index is 168. The lowest BCUT2D eigenvalue weighted by Gasteiger charge is -2.18. The van der Waals surface area contributed by atoms with Gasteiger partial charge in [-0.3, -0.25) is 0 Å². The van der Waals surface area contributed by atoms with Crippen molar-refractivity contribution in [3.05, 3.63) is 0 Å². The lowest BCUT2D eigenvalue weighted by molar-refractivity contribution is 0.0942. The van der Waals surface area contributed by atoms with Gasteiger partial charge in [0.25, 0.3) is 0 Å². The number of nitrogens with two attached hydrogens (primary N) is 2. The molecule has 0 rings (SSSR count). The summed E-state index contributed by atoms with van der Waals surface area (Å²) >= 11 is 0. The van der Waals surface area contributed by atoms with Crippen molar-refractivity contribution in [2.24, 2.45) is 11.5 Å². The molecule has 0 bridgehead atoms. The first-order valence-electron chi connectivity index (χ1n) is 6.32. The fourth-order valence-electron chi connectivity index (χ4n) is 1.47. The predicted octanol–water partition coefficient (Wildman–Crippen LogP) is -2.03. The van der Waals surface area contributed by atoms with Crippen molar-refractivity contribution in [1.82, 2.24) is 10.6 Å². The van der Waals surface area contributed by atoms with Crippen molar-refractivity contribution in [1.29, 1.82) is 0 Å². The van der Waals surface area contributed by atoms with Crippen molar-refractivity contribution in [2.75, 3.05) is 32.8 Å². The normalized spacial score (nSPS) is 16.8. The Morgan fingerprint density at radius 3 is 2.53 bits per heavy atom. The van der Waals surface area contributed by atoms with Crippen LogP contribution >= 0.6 is 0 Å². The van der Waals surface area contributed by atoms with E-state index in [0.717, 1.165) is 19.4 Å². The van der Waals surface area contributed by atoms with Crippen LogP contribution in [0.15, 0.2) is 0 Å². The molecule has 6 nitrogen and oxygen atoms in total. The van der Waals surface area contributed by atoms with Crippen LogP contribution in [0.5, 0.6) is 0 Å². The maximum absolute atomic E-state index is 9.10. The van der Waals surface area contributed by atoms with Crippen LogP contribution in [0.3, 0.4) is 0 Å². The summed E-state index contributed by atoms with van der Waals surface area (Å²) in [6.07, 6.45) is 1.17. The Balaban J connectivity index is 3.43. The summed E-state index contributed by atoms with van der Waals surface area (Å²) in [5.74, 6) is 0. The molecule has 0 aliphatic heterocycles. The van der Waals surface area contributed by atoms with Gasteiger partial charge in [0.1, 0.15) is 0 Å². The number of nitrogens with one attached hydrogen (secondary N) is 2. The van der Waals surface area contributed by atoms with Crippen LogP contribution in [0.25, 0.3) is 0 Å². The Hall–Kier alpha value is -0.240. The predicted molar refractivity (Wildman–Crippen MR) is 69.7 cm³/mol. The van der Waals surface area contributed by atoms with Gasteiger partial charge in [0.2, 0.25) is 0 Å². The average molecular weight is 248 g/mol. The van der Waals surface area contributed by atoms with Crippen LogP contribution in [0.2, 0.25) is 0 Å². The Labute approximate surface area is 104 Å². The highest BCUT2D eigenvalue weighted by Gasteiger charge is 2.06. The van der Waals surface area contributed by atoms with Gasteiger partial charge in [0, 0.05) is 31.7 Å². The largest absolute Gasteiger partial charge is 0.394 e. The first kappa shape index (κ1) is 16.8. The minimum Gasteiger partial charge on any atom is -0.394 e. The lowest BCUT2D eigenvalue weighted by atomic mass is 10.2. The quantitative estimate of drug-likeness (QED) is 0.251. The molecule has 3 unspecified atom stereocenters. The standard InChI is InChI=1S/C11H28N4O2/c1-2-10(5-12)15-4-3-9(13)6-14-7-11(17)8-16/h9-11,14-17H,2-8,12-13H2,1H3. The number of hydrogen-bond donors (Lipinski definition) is 6. The van der Waals surface area contributed by atoms with E-state index in [9.17, 15) is 0 Å². The van der Waals surface area contributed by atoms with Gasteiger partial charge in [-0.1, -0.05) is 6.92 Å². The van der Waals surface area contributed by atoms with Gasteiger partial charge >= 0.3 is 0 Å². The van der Waals surface area contributed by atoms with E-state index in [0.29, 0.717) is 25.7 Å². The molecule has 0 aromatic rings. The molecule has 0 fully saturated rings. The molecule has 0 saturated heterocycles. The molecule has 0 spiro atoms. The van der Waals surface area contributed by atoms with Gasteiger partial charge in [0.05, 0.1) is 12.7 Å². The highest BCUT2D eigenvalue weighted by atomic mass is 16.3. The fraction of sp³-hybridized carbons (Fsp3) is 1.00.